The summed E-state index contributed by atoms with van der Waals surface area (Å²) in [6, 6.07) is 20.6. The normalized spacial score (nSPS) is 16.5. The molecule has 6 rings (SSSR count). The third-order valence-corrected chi connectivity index (χ3v) is 6.56. The summed E-state index contributed by atoms with van der Waals surface area (Å²) >= 11 is 0. The highest BCUT2D eigenvalue weighted by Gasteiger charge is 2.53. The number of alkyl halides is 2. The maximum Gasteiger partial charge on any atom is 0.586 e. The SMILES string of the molecule is NC(=O)c1ccc(-c2nc(NC(=O)C3(c4ccc5c(c4)OC(F)(F)O5)CC3)cc3ccccc23)cc1.[HH].[HH].[HH]. The highest BCUT2D eigenvalue weighted by molar-refractivity contribution is 6.04. The van der Waals surface area contributed by atoms with Crippen LogP contribution in [0.25, 0.3) is 22.0 Å². The van der Waals surface area contributed by atoms with E-state index in [1.807, 2.05) is 24.3 Å². The lowest BCUT2D eigenvalue weighted by molar-refractivity contribution is -0.286. The highest BCUT2D eigenvalue weighted by Crippen LogP contribution is 2.52. The number of nitrogens with one attached hydrogen (secondary N) is 1. The lowest BCUT2D eigenvalue weighted by Crippen LogP contribution is -2.28. The number of halogens is 2. The van der Waals surface area contributed by atoms with Crippen molar-refractivity contribution < 1.29 is 32.1 Å². The molecule has 1 fully saturated rings. The van der Waals surface area contributed by atoms with Gasteiger partial charge < -0.3 is 20.5 Å². The zero-order chi connectivity index (χ0) is 25.1. The lowest BCUT2D eigenvalue weighted by atomic mass is 9.94. The number of primary amides is 1. The molecule has 1 aliphatic carbocycles. The van der Waals surface area contributed by atoms with Crippen LogP contribution in [0.3, 0.4) is 0 Å². The smallest absolute Gasteiger partial charge is 0.395 e. The van der Waals surface area contributed by atoms with Crippen molar-refractivity contribution in [2.75, 3.05) is 5.32 Å². The van der Waals surface area contributed by atoms with Gasteiger partial charge in [-0.05, 0) is 54.1 Å². The first kappa shape index (κ1) is 22.0. The van der Waals surface area contributed by atoms with Gasteiger partial charge in [0.1, 0.15) is 5.82 Å². The molecule has 2 amide bonds. The number of carbonyl (C=O) groups excluding carboxylic acids is 2. The van der Waals surface area contributed by atoms with E-state index in [1.54, 1.807) is 36.4 Å². The zero-order valence-corrected chi connectivity index (χ0v) is 18.8. The summed E-state index contributed by atoms with van der Waals surface area (Å²) in [5.74, 6) is -0.621. The van der Waals surface area contributed by atoms with Crippen molar-refractivity contribution in [3.63, 3.8) is 0 Å². The Morgan fingerprint density at radius 3 is 2.39 bits per heavy atom. The van der Waals surface area contributed by atoms with Gasteiger partial charge in [-0.1, -0.05) is 42.5 Å². The van der Waals surface area contributed by atoms with E-state index < -0.39 is 17.6 Å². The first-order valence-electron chi connectivity index (χ1n) is 11.3. The Morgan fingerprint density at radius 2 is 1.67 bits per heavy atom. The van der Waals surface area contributed by atoms with Gasteiger partial charge in [0.15, 0.2) is 11.5 Å². The van der Waals surface area contributed by atoms with Crippen LogP contribution < -0.4 is 20.5 Å². The minimum absolute atomic E-state index is 0. The minimum atomic E-state index is -3.72. The van der Waals surface area contributed by atoms with Crippen molar-refractivity contribution in [1.82, 2.24) is 4.98 Å². The number of fused-ring (bicyclic) bond motifs is 2. The number of aromatic nitrogens is 1. The van der Waals surface area contributed by atoms with Gasteiger partial charge in [-0.25, -0.2) is 4.98 Å². The predicted molar refractivity (Wildman–Crippen MR) is 134 cm³/mol. The van der Waals surface area contributed by atoms with Gasteiger partial charge in [0.05, 0.1) is 11.1 Å². The van der Waals surface area contributed by atoms with Crippen molar-refractivity contribution >= 4 is 28.4 Å². The highest BCUT2D eigenvalue weighted by atomic mass is 19.3. The number of nitrogens with zero attached hydrogens (tertiary/aromatic N) is 1. The number of benzene rings is 3. The van der Waals surface area contributed by atoms with Crippen LogP contribution in [0.4, 0.5) is 14.6 Å². The zero-order valence-electron chi connectivity index (χ0n) is 18.8. The van der Waals surface area contributed by atoms with E-state index in [4.69, 9.17) is 10.7 Å². The molecular formula is C27H25F2N3O4. The van der Waals surface area contributed by atoms with E-state index in [0.717, 1.165) is 16.3 Å². The fourth-order valence-electron chi connectivity index (χ4n) is 4.53. The average molecular weight is 494 g/mol. The molecule has 1 aromatic heterocycles. The first-order chi connectivity index (χ1) is 17.2. The number of rotatable bonds is 5. The van der Waals surface area contributed by atoms with E-state index in [0.29, 0.717) is 35.5 Å². The van der Waals surface area contributed by atoms with E-state index in [2.05, 4.69) is 14.8 Å². The number of pyridine rings is 1. The van der Waals surface area contributed by atoms with Gasteiger partial charge in [0.25, 0.3) is 0 Å². The molecular weight excluding hydrogens is 468 g/mol. The van der Waals surface area contributed by atoms with Crippen LogP contribution in [-0.2, 0) is 10.2 Å². The van der Waals surface area contributed by atoms with Gasteiger partial charge in [0.2, 0.25) is 11.8 Å². The van der Waals surface area contributed by atoms with Crippen molar-refractivity contribution in [2.24, 2.45) is 5.73 Å². The Morgan fingerprint density at radius 1 is 0.944 bits per heavy atom. The summed E-state index contributed by atoms with van der Waals surface area (Å²) in [7, 11) is 0. The van der Waals surface area contributed by atoms with Gasteiger partial charge in [0, 0.05) is 20.8 Å². The maximum absolute atomic E-state index is 13.4. The van der Waals surface area contributed by atoms with Crippen molar-refractivity contribution in [3.8, 4) is 22.8 Å². The molecule has 4 aromatic rings. The lowest BCUT2D eigenvalue weighted by Gasteiger charge is -2.17. The van der Waals surface area contributed by atoms with E-state index in [-0.39, 0.29) is 21.7 Å². The maximum atomic E-state index is 13.4. The predicted octanol–water partition coefficient (Wildman–Crippen LogP) is 5.73. The molecule has 1 saturated carbocycles. The Labute approximate surface area is 208 Å². The largest absolute Gasteiger partial charge is 0.586 e. The summed E-state index contributed by atoms with van der Waals surface area (Å²) in [5.41, 5.74) is 6.83. The van der Waals surface area contributed by atoms with Crippen LogP contribution in [-0.4, -0.2) is 23.1 Å². The molecule has 7 nitrogen and oxygen atoms in total. The van der Waals surface area contributed by atoms with Crippen molar-refractivity contribution in [2.45, 2.75) is 24.6 Å². The number of anilines is 1. The van der Waals surface area contributed by atoms with E-state index in [1.165, 1.54) is 12.1 Å². The number of amides is 2. The molecule has 36 heavy (non-hydrogen) atoms. The first-order valence-corrected chi connectivity index (χ1v) is 11.3. The van der Waals surface area contributed by atoms with Crippen molar-refractivity contribution in [1.29, 1.82) is 0 Å². The van der Waals surface area contributed by atoms with E-state index >= 15 is 0 Å². The monoisotopic (exact) mass is 493 g/mol. The van der Waals surface area contributed by atoms with Crippen LogP contribution in [0, 0.1) is 0 Å². The number of hydrogen-bond donors (Lipinski definition) is 2. The molecule has 2 heterocycles. The summed E-state index contributed by atoms with van der Waals surface area (Å²) in [6.45, 7) is 0. The number of carbonyl (C=O) groups is 2. The molecule has 0 bridgehead atoms. The fourth-order valence-corrected chi connectivity index (χ4v) is 4.53. The summed E-state index contributed by atoms with van der Waals surface area (Å²) in [4.78, 5) is 29.6. The van der Waals surface area contributed by atoms with Gasteiger partial charge in [-0.3, -0.25) is 9.59 Å². The van der Waals surface area contributed by atoms with Gasteiger partial charge >= 0.3 is 6.29 Å². The molecule has 0 atom stereocenters. The molecule has 186 valence electrons. The fraction of sp³-hybridized carbons (Fsp3) is 0.148. The molecule has 0 radical (unpaired) electrons. The number of hydrogen-bond acceptors (Lipinski definition) is 5. The topological polar surface area (TPSA) is 104 Å². The number of nitrogens with two attached hydrogens (primary N) is 1. The Bertz CT molecular complexity index is 1560. The van der Waals surface area contributed by atoms with Crippen LogP contribution in [0.15, 0.2) is 72.8 Å². The second kappa shape index (κ2) is 7.74. The standard InChI is InChI=1S/C27H19F2N3O4.3H2/c28-27(29)35-20-10-9-18(14-21(20)36-27)26(11-12-26)25(34)32-22-13-17-3-1-2-4-19(17)23(31-22)15-5-7-16(8-6-15)24(30)33;;;/h1-10,13-14H,11-12H2,(H2,30,33)(H,31,32,34);3*1H. The summed E-state index contributed by atoms with van der Waals surface area (Å²) in [5, 5.41) is 4.66. The molecule has 2 aliphatic rings. The molecule has 0 spiro atoms. The van der Waals surface area contributed by atoms with Gasteiger partial charge in [-0.15, -0.1) is 8.78 Å². The Hall–Kier alpha value is -4.53. The van der Waals surface area contributed by atoms with Crippen LogP contribution in [0.1, 0.15) is 33.0 Å². The average Bonchev–Trinajstić information content (AvgIpc) is 3.60. The molecule has 3 aromatic carbocycles. The molecule has 9 heteroatoms. The minimum Gasteiger partial charge on any atom is -0.395 e. The molecule has 3 N–H and O–H groups in total. The summed E-state index contributed by atoms with van der Waals surface area (Å²) < 4.78 is 35.9. The quantitative estimate of drug-likeness (QED) is 0.370. The van der Waals surface area contributed by atoms with Crippen LogP contribution in [0.5, 0.6) is 11.5 Å². The second-order valence-electron chi connectivity index (χ2n) is 8.88. The third-order valence-electron chi connectivity index (χ3n) is 6.56. The number of ether oxygens (including phenoxy) is 2. The summed E-state index contributed by atoms with van der Waals surface area (Å²) in [6.07, 6.45) is -2.60. The molecule has 1 aliphatic heterocycles. The Balaban J connectivity index is 0.00000140. The second-order valence-corrected chi connectivity index (χ2v) is 8.88. The molecule has 0 unspecified atom stereocenters. The van der Waals surface area contributed by atoms with Crippen LogP contribution in [0.2, 0.25) is 0 Å². The van der Waals surface area contributed by atoms with Crippen LogP contribution >= 0.6 is 0 Å². The van der Waals surface area contributed by atoms with E-state index in [9.17, 15) is 18.4 Å². The van der Waals surface area contributed by atoms with Crippen molar-refractivity contribution in [3.05, 3.63) is 83.9 Å². The Kier molecular flexibility index (Phi) is 4.72. The third kappa shape index (κ3) is 3.69. The van der Waals surface area contributed by atoms with Gasteiger partial charge in [-0.2, -0.15) is 0 Å². The molecule has 0 saturated heterocycles.